The Morgan fingerprint density at radius 3 is 1.97 bits per heavy atom. The lowest BCUT2D eigenvalue weighted by molar-refractivity contribution is -0.117. The number of aliphatic hydroxyl groups is 1. The van der Waals surface area contributed by atoms with Gasteiger partial charge in [-0.3, -0.25) is 9.69 Å². The Morgan fingerprint density at radius 2 is 1.38 bits per heavy atom. The van der Waals surface area contributed by atoms with Crippen molar-refractivity contribution < 1.29 is 18.3 Å². The van der Waals surface area contributed by atoms with E-state index >= 15 is 0 Å². The number of para-hydroxylation sites is 1. The summed E-state index contributed by atoms with van der Waals surface area (Å²) in [5, 5.41) is 10.7. The number of benzene rings is 3. The van der Waals surface area contributed by atoms with Gasteiger partial charge in [0.05, 0.1) is 4.90 Å². The molecule has 7 heteroatoms. The molecule has 0 bridgehead atoms. The second kappa shape index (κ2) is 7.50. The van der Waals surface area contributed by atoms with Crippen molar-refractivity contribution in [3.05, 3.63) is 106 Å². The van der Waals surface area contributed by atoms with E-state index in [-0.39, 0.29) is 9.80 Å². The monoisotopic (exact) mass is 469 g/mol. The summed E-state index contributed by atoms with van der Waals surface area (Å²) in [4.78, 5) is 14.0. The van der Waals surface area contributed by atoms with E-state index < -0.39 is 27.5 Å². The Hall–Kier alpha value is -2.90. The molecule has 1 unspecified atom stereocenters. The summed E-state index contributed by atoms with van der Waals surface area (Å²) in [6, 6.07) is 22.7. The fourth-order valence-corrected chi connectivity index (χ4v) is 5.28. The number of aliphatic hydroxyl groups excluding tert-OH is 1. The molecule has 0 saturated heterocycles. The minimum absolute atomic E-state index is 0.00546. The van der Waals surface area contributed by atoms with E-state index in [1.54, 1.807) is 72.8 Å². The molecule has 0 spiro atoms. The maximum absolute atomic E-state index is 13.5. The Morgan fingerprint density at radius 1 is 0.828 bits per heavy atom. The zero-order valence-electron chi connectivity index (χ0n) is 15.1. The SMILES string of the molecule is O=C1C(O)=C(S(=O)(=O)c2ccc(Br)cc2)C(c2ccccc2)N1c1ccccc1. The molecule has 3 aromatic carbocycles. The lowest BCUT2D eigenvalue weighted by Crippen LogP contribution is -2.31. The normalized spacial score (nSPS) is 17.1. The first kappa shape index (κ1) is 19.4. The van der Waals surface area contributed by atoms with Crippen LogP contribution in [0, 0.1) is 0 Å². The number of carbonyl (C=O) groups excluding carboxylic acids is 1. The number of hydrogen-bond acceptors (Lipinski definition) is 4. The maximum Gasteiger partial charge on any atom is 0.295 e. The van der Waals surface area contributed by atoms with E-state index in [1.807, 2.05) is 0 Å². The number of halogens is 1. The summed E-state index contributed by atoms with van der Waals surface area (Å²) in [5.74, 6) is -1.51. The molecule has 0 fully saturated rings. The van der Waals surface area contributed by atoms with Crippen LogP contribution in [0.2, 0.25) is 0 Å². The van der Waals surface area contributed by atoms with Gasteiger partial charge in [0.15, 0.2) is 5.76 Å². The zero-order chi connectivity index (χ0) is 20.6. The smallest absolute Gasteiger partial charge is 0.295 e. The van der Waals surface area contributed by atoms with Crippen molar-refractivity contribution in [2.45, 2.75) is 10.9 Å². The van der Waals surface area contributed by atoms with Crippen molar-refractivity contribution in [2.75, 3.05) is 4.90 Å². The molecule has 146 valence electrons. The third-order valence-corrected chi connectivity index (χ3v) is 7.14. The molecule has 3 aromatic rings. The van der Waals surface area contributed by atoms with Gasteiger partial charge in [-0.25, -0.2) is 8.42 Å². The van der Waals surface area contributed by atoms with E-state index in [1.165, 1.54) is 17.0 Å². The predicted molar refractivity (Wildman–Crippen MR) is 114 cm³/mol. The van der Waals surface area contributed by atoms with Gasteiger partial charge in [0.25, 0.3) is 5.91 Å². The highest BCUT2D eigenvalue weighted by Gasteiger charge is 2.47. The fraction of sp³-hybridized carbons (Fsp3) is 0.0455. The highest BCUT2D eigenvalue weighted by molar-refractivity contribution is 9.10. The molecule has 0 saturated carbocycles. The quantitative estimate of drug-likeness (QED) is 0.596. The van der Waals surface area contributed by atoms with Gasteiger partial charge in [0.2, 0.25) is 9.84 Å². The molecule has 0 aromatic heterocycles. The van der Waals surface area contributed by atoms with Gasteiger partial charge >= 0.3 is 0 Å². The van der Waals surface area contributed by atoms with Crippen LogP contribution < -0.4 is 4.90 Å². The summed E-state index contributed by atoms with van der Waals surface area (Å²) >= 11 is 3.29. The summed E-state index contributed by atoms with van der Waals surface area (Å²) in [6.07, 6.45) is 0. The van der Waals surface area contributed by atoms with Crippen LogP contribution in [0.15, 0.2) is 105 Å². The lowest BCUT2D eigenvalue weighted by Gasteiger charge is -2.27. The van der Waals surface area contributed by atoms with Crippen LogP contribution in [0.5, 0.6) is 0 Å². The van der Waals surface area contributed by atoms with Crippen LogP contribution in [0.1, 0.15) is 11.6 Å². The number of amides is 1. The molecule has 1 aliphatic heterocycles. The second-order valence-electron chi connectivity index (χ2n) is 6.49. The predicted octanol–water partition coefficient (Wildman–Crippen LogP) is 4.78. The number of nitrogens with zero attached hydrogens (tertiary/aromatic N) is 1. The third kappa shape index (κ3) is 3.36. The molecule has 0 radical (unpaired) electrons. The first-order valence-electron chi connectivity index (χ1n) is 8.78. The Kier molecular flexibility index (Phi) is 5.02. The molecule has 0 aliphatic carbocycles. The molecule has 5 nitrogen and oxygen atoms in total. The Bertz CT molecular complexity index is 1190. The van der Waals surface area contributed by atoms with Gasteiger partial charge in [-0.2, -0.15) is 0 Å². The average Bonchev–Trinajstić information content (AvgIpc) is 3.01. The fourth-order valence-electron chi connectivity index (χ4n) is 3.39. The Balaban J connectivity index is 1.93. The summed E-state index contributed by atoms with van der Waals surface area (Å²) in [7, 11) is -4.13. The minimum atomic E-state index is -4.13. The van der Waals surface area contributed by atoms with Crippen LogP contribution in [0.25, 0.3) is 0 Å². The summed E-state index contributed by atoms with van der Waals surface area (Å²) in [5.41, 5.74) is 1.09. The number of sulfone groups is 1. The highest BCUT2D eigenvalue weighted by Crippen LogP contribution is 2.44. The average molecular weight is 470 g/mol. The second-order valence-corrected chi connectivity index (χ2v) is 9.33. The standard InChI is InChI=1S/C22H16BrNO4S/c23-16-11-13-18(14-12-16)29(27,28)21-19(15-7-3-1-4-8-15)24(22(26)20(21)25)17-9-5-2-6-10-17/h1-14,19,25H. The van der Waals surface area contributed by atoms with Gasteiger partial charge in [0.1, 0.15) is 10.9 Å². The van der Waals surface area contributed by atoms with Crippen molar-refractivity contribution in [2.24, 2.45) is 0 Å². The molecular weight excluding hydrogens is 454 g/mol. The van der Waals surface area contributed by atoms with E-state index in [2.05, 4.69) is 15.9 Å². The van der Waals surface area contributed by atoms with Crippen LogP contribution in [-0.4, -0.2) is 19.4 Å². The first-order chi connectivity index (χ1) is 13.9. The van der Waals surface area contributed by atoms with Crippen LogP contribution in [0.3, 0.4) is 0 Å². The van der Waals surface area contributed by atoms with Gasteiger partial charge in [-0.1, -0.05) is 64.5 Å². The van der Waals surface area contributed by atoms with Gasteiger partial charge < -0.3 is 5.11 Å². The summed E-state index contributed by atoms with van der Waals surface area (Å²) in [6.45, 7) is 0. The molecule has 1 atom stereocenters. The molecule has 1 heterocycles. The number of rotatable bonds is 4. The largest absolute Gasteiger partial charge is 0.502 e. The first-order valence-corrected chi connectivity index (χ1v) is 11.1. The van der Waals surface area contributed by atoms with Crippen LogP contribution >= 0.6 is 15.9 Å². The van der Waals surface area contributed by atoms with Gasteiger partial charge in [-0.05, 0) is 42.0 Å². The van der Waals surface area contributed by atoms with Crippen molar-refractivity contribution in [3.63, 3.8) is 0 Å². The number of carbonyl (C=O) groups is 1. The number of anilines is 1. The van der Waals surface area contributed by atoms with Crippen molar-refractivity contribution in [1.82, 2.24) is 0 Å². The van der Waals surface area contributed by atoms with Gasteiger partial charge in [0, 0.05) is 10.2 Å². The van der Waals surface area contributed by atoms with Gasteiger partial charge in [-0.15, -0.1) is 0 Å². The molecule has 1 amide bonds. The highest BCUT2D eigenvalue weighted by atomic mass is 79.9. The number of hydrogen-bond donors (Lipinski definition) is 1. The molecule has 29 heavy (non-hydrogen) atoms. The van der Waals surface area contributed by atoms with E-state index in [9.17, 15) is 18.3 Å². The van der Waals surface area contributed by atoms with Crippen molar-refractivity contribution in [3.8, 4) is 0 Å². The topological polar surface area (TPSA) is 74.7 Å². The molecular formula is C22H16BrNO4S. The van der Waals surface area contributed by atoms with Crippen LogP contribution in [-0.2, 0) is 14.6 Å². The van der Waals surface area contributed by atoms with Crippen LogP contribution in [0.4, 0.5) is 5.69 Å². The van der Waals surface area contributed by atoms with Crippen molar-refractivity contribution >= 4 is 37.4 Å². The Labute approximate surface area is 177 Å². The van der Waals surface area contributed by atoms with Crippen molar-refractivity contribution in [1.29, 1.82) is 0 Å². The molecule has 1 aliphatic rings. The lowest BCUT2D eigenvalue weighted by atomic mass is 10.1. The third-order valence-electron chi connectivity index (χ3n) is 4.72. The van der Waals surface area contributed by atoms with E-state index in [4.69, 9.17) is 0 Å². The maximum atomic E-state index is 13.5. The van der Waals surface area contributed by atoms with E-state index in [0.717, 1.165) is 4.47 Å². The zero-order valence-corrected chi connectivity index (χ0v) is 17.5. The van der Waals surface area contributed by atoms with E-state index in [0.29, 0.717) is 11.3 Å². The summed E-state index contributed by atoms with van der Waals surface area (Å²) < 4.78 is 27.6. The minimum Gasteiger partial charge on any atom is -0.502 e. The molecule has 4 rings (SSSR count). The molecule has 1 N–H and O–H groups in total.